The quantitative estimate of drug-likeness (QED) is 0.550. The number of hydrogen-bond donors (Lipinski definition) is 2. The van der Waals surface area contributed by atoms with E-state index < -0.39 is 29.8 Å². The molecular formula is C27H23FN2O5. The van der Waals surface area contributed by atoms with Gasteiger partial charge < -0.3 is 14.7 Å². The van der Waals surface area contributed by atoms with Crippen molar-refractivity contribution in [3.05, 3.63) is 89.2 Å². The molecule has 0 radical (unpaired) electrons. The molecule has 0 unspecified atom stereocenters. The third kappa shape index (κ3) is 4.23. The van der Waals surface area contributed by atoms with Gasteiger partial charge >= 0.3 is 12.1 Å². The first-order valence-corrected chi connectivity index (χ1v) is 11.4. The second-order valence-electron chi connectivity index (χ2n) is 8.64. The summed E-state index contributed by atoms with van der Waals surface area (Å²) >= 11 is 0. The van der Waals surface area contributed by atoms with Crippen molar-refractivity contribution in [2.45, 2.75) is 24.8 Å². The van der Waals surface area contributed by atoms with E-state index in [4.69, 9.17) is 4.74 Å². The van der Waals surface area contributed by atoms with E-state index in [2.05, 4.69) is 5.32 Å². The second kappa shape index (κ2) is 9.21. The molecule has 1 saturated heterocycles. The molecule has 2 amide bonds. The third-order valence-electron chi connectivity index (χ3n) is 6.59. The van der Waals surface area contributed by atoms with Crippen LogP contribution in [0.5, 0.6) is 0 Å². The molecule has 0 spiro atoms. The number of likely N-dealkylation sites (tertiary alicyclic amines) is 1. The van der Waals surface area contributed by atoms with E-state index >= 15 is 0 Å². The van der Waals surface area contributed by atoms with E-state index in [0.29, 0.717) is 12.8 Å². The van der Waals surface area contributed by atoms with Gasteiger partial charge in [0.2, 0.25) is 0 Å². The summed E-state index contributed by atoms with van der Waals surface area (Å²) in [5.41, 5.74) is 4.28. The summed E-state index contributed by atoms with van der Waals surface area (Å²) in [6.45, 7) is 0.374. The van der Waals surface area contributed by atoms with E-state index in [-0.39, 0.29) is 30.3 Å². The first-order valence-electron chi connectivity index (χ1n) is 11.4. The van der Waals surface area contributed by atoms with Gasteiger partial charge in [0.15, 0.2) is 0 Å². The standard InChI is InChI=1S/C27H23FN2O5/c28-23-14-16(11-12-21(23)25(31)30-13-5-10-24(30)26(32)33)29-27(34)35-15-22-19-8-3-1-6-17(19)18-7-2-4-9-20(18)22/h1-4,6-9,11-12,14,22,24H,5,10,13,15H2,(H,29,34)(H,32,33)/t24-/m0/s1. The molecule has 3 aromatic carbocycles. The number of carboxylic acid groups (broad SMARTS) is 1. The van der Waals surface area contributed by atoms with Crippen molar-refractivity contribution in [2.24, 2.45) is 0 Å². The fraction of sp³-hybridized carbons (Fsp3) is 0.222. The average molecular weight is 474 g/mol. The van der Waals surface area contributed by atoms with Crippen LogP contribution in [0.3, 0.4) is 0 Å². The fourth-order valence-corrected chi connectivity index (χ4v) is 4.94. The maximum atomic E-state index is 14.7. The molecule has 0 aromatic heterocycles. The lowest BCUT2D eigenvalue weighted by Crippen LogP contribution is -2.40. The van der Waals surface area contributed by atoms with Crippen molar-refractivity contribution >= 4 is 23.7 Å². The van der Waals surface area contributed by atoms with Crippen LogP contribution < -0.4 is 5.32 Å². The zero-order chi connectivity index (χ0) is 24.5. The highest BCUT2D eigenvalue weighted by molar-refractivity contribution is 5.98. The van der Waals surface area contributed by atoms with Gasteiger partial charge in [0.05, 0.1) is 5.56 Å². The number of nitrogens with zero attached hydrogens (tertiary/aromatic N) is 1. The summed E-state index contributed by atoms with van der Waals surface area (Å²) in [6.07, 6.45) is 0.145. The molecule has 5 rings (SSSR count). The van der Waals surface area contributed by atoms with Gasteiger partial charge in [-0.15, -0.1) is 0 Å². The number of fused-ring (bicyclic) bond motifs is 3. The Morgan fingerprint density at radius 3 is 2.29 bits per heavy atom. The molecule has 7 nitrogen and oxygen atoms in total. The molecule has 2 aliphatic rings. The van der Waals surface area contributed by atoms with Crippen molar-refractivity contribution < 1.29 is 28.6 Å². The van der Waals surface area contributed by atoms with Crippen LogP contribution in [0.15, 0.2) is 66.7 Å². The SMILES string of the molecule is O=C(Nc1ccc(C(=O)N2CCC[C@H]2C(=O)O)c(F)c1)OCC1c2ccccc2-c2ccccc21. The maximum Gasteiger partial charge on any atom is 0.411 e. The minimum atomic E-state index is -1.11. The Balaban J connectivity index is 1.25. The minimum absolute atomic E-state index is 0.104. The topological polar surface area (TPSA) is 95.9 Å². The maximum absolute atomic E-state index is 14.7. The number of rotatable bonds is 5. The molecule has 1 atom stereocenters. The van der Waals surface area contributed by atoms with Gasteiger partial charge in [-0.2, -0.15) is 0 Å². The molecule has 1 fully saturated rings. The first-order chi connectivity index (χ1) is 16.9. The minimum Gasteiger partial charge on any atom is -0.480 e. The van der Waals surface area contributed by atoms with Gasteiger partial charge in [-0.25, -0.2) is 14.0 Å². The number of nitrogens with one attached hydrogen (secondary N) is 1. The van der Waals surface area contributed by atoms with E-state index in [0.717, 1.165) is 28.3 Å². The molecule has 2 N–H and O–H groups in total. The number of hydrogen-bond acceptors (Lipinski definition) is 4. The van der Waals surface area contributed by atoms with Crippen molar-refractivity contribution in [2.75, 3.05) is 18.5 Å². The zero-order valence-electron chi connectivity index (χ0n) is 18.7. The molecule has 8 heteroatoms. The van der Waals surface area contributed by atoms with Gasteiger partial charge in [-0.1, -0.05) is 48.5 Å². The number of carbonyl (C=O) groups is 3. The van der Waals surface area contributed by atoms with Crippen LogP contribution in [0.25, 0.3) is 11.1 Å². The Kier molecular flexibility index (Phi) is 5.94. The monoisotopic (exact) mass is 474 g/mol. The molecule has 1 aliphatic heterocycles. The summed E-state index contributed by atoms with van der Waals surface area (Å²) in [4.78, 5) is 37.6. The number of carboxylic acids is 1. The average Bonchev–Trinajstić information content (AvgIpc) is 3.46. The number of ether oxygens (including phenoxy) is 1. The summed E-state index contributed by atoms with van der Waals surface area (Å²) < 4.78 is 20.2. The van der Waals surface area contributed by atoms with Crippen LogP contribution in [0.1, 0.15) is 40.2 Å². The van der Waals surface area contributed by atoms with Crippen LogP contribution in [0, 0.1) is 5.82 Å². The number of halogens is 1. The number of benzene rings is 3. The summed E-state index contributed by atoms with van der Waals surface area (Å²) in [5.74, 6) is -2.74. The smallest absolute Gasteiger partial charge is 0.411 e. The molecule has 178 valence electrons. The van der Waals surface area contributed by atoms with Gasteiger partial charge in [0, 0.05) is 18.2 Å². The van der Waals surface area contributed by atoms with Gasteiger partial charge in [-0.3, -0.25) is 10.1 Å². The zero-order valence-corrected chi connectivity index (χ0v) is 18.7. The lowest BCUT2D eigenvalue weighted by molar-refractivity contribution is -0.141. The van der Waals surface area contributed by atoms with E-state index in [1.165, 1.54) is 17.0 Å². The Morgan fingerprint density at radius 2 is 1.66 bits per heavy atom. The number of carbonyl (C=O) groups excluding carboxylic acids is 2. The second-order valence-corrected chi connectivity index (χ2v) is 8.64. The van der Waals surface area contributed by atoms with Crippen molar-refractivity contribution in [3.63, 3.8) is 0 Å². The summed E-state index contributed by atoms with van der Waals surface area (Å²) in [6, 6.07) is 18.7. The Morgan fingerprint density at radius 1 is 1.00 bits per heavy atom. The molecule has 35 heavy (non-hydrogen) atoms. The van der Waals surface area contributed by atoms with E-state index in [1.807, 2.05) is 48.5 Å². The van der Waals surface area contributed by atoms with E-state index in [1.54, 1.807) is 0 Å². The van der Waals surface area contributed by atoms with Gasteiger partial charge in [0.25, 0.3) is 5.91 Å². The third-order valence-corrected chi connectivity index (χ3v) is 6.59. The van der Waals surface area contributed by atoms with Crippen molar-refractivity contribution in [3.8, 4) is 11.1 Å². The Bertz CT molecular complexity index is 1280. The largest absolute Gasteiger partial charge is 0.480 e. The molecular weight excluding hydrogens is 451 g/mol. The van der Waals surface area contributed by atoms with Crippen LogP contribution >= 0.6 is 0 Å². The lowest BCUT2D eigenvalue weighted by atomic mass is 9.98. The van der Waals surface area contributed by atoms with Crippen LogP contribution in [-0.4, -0.2) is 47.2 Å². The summed E-state index contributed by atoms with van der Waals surface area (Å²) in [7, 11) is 0. The summed E-state index contributed by atoms with van der Waals surface area (Å²) in [5, 5.41) is 11.8. The number of aliphatic carboxylic acids is 1. The van der Waals surface area contributed by atoms with Crippen LogP contribution in [-0.2, 0) is 9.53 Å². The van der Waals surface area contributed by atoms with E-state index in [9.17, 15) is 23.9 Å². The molecule has 0 saturated carbocycles. The Labute approximate surface area is 201 Å². The predicted octanol–water partition coefficient (Wildman–Crippen LogP) is 4.88. The molecule has 3 aromatic rings. The highest BCUT2D eigenvalue weighted by atomic mass is 19.1. The molecule has 0 bridgehead atoms. The van der Waals surface area contributed by atoms with Gasteiger partial charge in [-0.05, 0) is 53.3 Å². The fourth-order valence-electron chi connectivity index (χ4n) is 4.94. The number of amides is 2. The van der Waals surface area contributed by atoms with Gasteiger partial charge in [0.1, 0.15) is 18.5 Å². The number of anilines is 1. The highest BCUT2D eigenvalue weighted by Crippen LogP contribution is 2.44. The van der Waals surface area contributed by atoms with Crippen LogP contribution in [0.2, 0.25) is 0 Å². The van der Waals surface area contributed by atoms with Crippen LogP contribution in [0.4, 0.5) is 14.9 Å². The van der Waals surface area contributed by atoms with Crippen molar-refractivity contribution in [1.82, 2.24) is 4.90 Å². The lowest BCUT2D eigenvalue weighted by Gasteiger charge is -2.21. The van der Waals surface area contributed by atoms with Crippen molar-refractivity contribution in [1.29, 1.82) is 0 Å². The highest BCUT2D eigenvalue weighted by Gasteiger charge is 2.35. The normalized spacial score (nSPS) is 16.5. The first kappa shape index (κ1) is 22.6. The molecule has 1 heterocycles. The Hall–Kier alpha value is -4.20. The predicted molar refractivity (Wildman–Crippen MR) is 127 cm³/mol. The molecule has 1 aliphatic carbocycles.